The van der Waals surface area contributed by atoms with Crippen LogP contribution in [0.4, 0.5) is 0 Å². The van der Waals surface area contributed by atoms with Gasteiger partial charge in [-0.2, -0.15) is 11.8 Å². The monoisotopic (exact) mass is 313 g/mol. The van der Waals surface area contributed by atoms with Crippen molar-refractivity contribution in [2.75, 3.05) is 25.2 Å². The molecule has 1 unspecified atom stereocenters. The van der Waals surface area contributed by atoms with Gasteiger partial charge in [0.15, 0.2) is 0 Å². The van der Waals surface area contributed by atoms with E-state index in [9.17, 15) is 0 Å². The summed E-state index contributed by atoms with van der Waals surface area (Å²) in [5.41, 5.74) is 2.53. The first kappa shape index (κ1) is 16.0. The fourth-order valence-electron chi connectivity index (χ4n) is 2.65. The van der Waals surface area contributed by atoms with Crippen LogP contribution in [0, 0.1) is 0 Å². The topological polar surface area (TPSA) is 21.3 Å². The van der Waals surface area contributed by atoms with Crippen LogP contribution >= 0.6 is 23.4 Å². The van der Waals surface area contributed by atoms with Gasteiger partial charge in [0, 0.05) is 17.5 Å². The highest BCUT2D eigenvalue weighted by molar-refractivity contribution is 7.98. The lowest BCUT2D eigenvalue weighted by Gasteiger charge is -2.20. The smallest absolute Gasteiger partial charge is 0.125 e. The number of hydrogen-bond donors (Lipinski definition) is 1. The number of ether oxygens (including phenoxy) is 1. The highest BCUT2D eigenvalue weighted by atomic mass is 35.5. The van der Waals surface area contributed by atoms with Gasteiger partial charge in [0.2, 0.25) is 0 Å². The van der Waals surface area contributed by atoms with Crippen LogP contribution in [0.25, 0.3) is 0 Å². The first-order chi connectivity index (χ1) is 9.74. The zero-order chi connectivity index (χ0) is 14.4. The molecule has 0 saturated carbocycles. The largest absolute Gasteiger partial charge is 0.493 e. The standard InChI is InChI=1S/C16H24ClNOS/c1-3-6-18-15(5-8-20-2)11-13-10-14(17)9-12-4-7-19-16(12)13/h9-10,15,18H,3-8,11H2,1-2H3. The minimum atomic E-state index is 0.508. The summed E-state index contributed by atoms with van der Waals surface area (Å²) in [5, 5.41) is 4.49. The summed E-state index contributed by atoms with van der Waals surface area (Å²) in [6.45, 7) is 4.07. The molecule has 1 aliphatic heterocycles. The maximum Gasteiger partial charge on any atom is 0.125 e. The Balaban J connectivity index is 2.09. The predicted molar refractivity (Wildman–Crippen MR) is 89.4 cm³/mol. The number of halogens is 1. The van der Waals surface area contributed by atoms with Gasteiger partial charge in [0.25, 0.3) is 0 Å². The minimum absolute atomic E-state index is 0.508. The summed E-state index contributed by atoms with van der Waals surface area (Å²) in [4.78, 5) is 0. The summed E-state index contributed by atoms with van der Waals surface area (Å²) in [5.74, 6) is 2.27. The van der Waals surface area contributed by atoms with Crippen LogP contribution in [-0.2, 0) is 12.8 Å². The van der Waals surface area contributed by atoms with Crippen molar-refractivity contribution in [1.82, 2.24) is 5.32 Å². The Hall–Kier alpha value is -0.380. The van der Waals surface area contributed by atoms with E-state index in [0.717, 1.165) is 36.8 Å². The molecule has 4 heteroatoms. The molecule has 0 aromatic heterocycles. The molecule has 20 heavy (non-hydrogen) atoms. The van der Waals surface area contributed by atoms with Crippen LogP contribution in [-0.4, -0.2) is 31.2 Å². The molecule has 0 radical (unpaired) electrons. The van der Waals surface area contributed by atoms with Gasteiger partial charge in [0.05, 0.1) is 6.61 Å². The van der Waals surface area contributed by atoms with E-state index in [-0.39, 0.29) is 0 Å². The maximum absolute atomic E-state index is 6.24. The van der Waals surface area contributed by atoms with Crippen molar-refractivity contribution < 1.29 is 4.74 Å². The molecule has 1 aromatic rings. The Bertz CT molecular complexity index is 431. The van der Waals surface area contributed by atoms with Crippen LogP contribution in [0.2, 0.25) is 5.02 Å². The molecule has 1 aromatic carbocycles. The van der Waals surface area contributed by atoms with Crippen molar-refractivity contribution >= 4 is 23.4 Å². The van der Waals surface area contributed by atoms with Gasteiger partial charge in [-0.1, -0.05) is 18.5 Å². The van der Waals surface area contributed by atoms with E-state index in [0.29, 0.717) is 6.04 Å². The van der Waals surface area contributed by atoms with E-state index in [1.54, 1.807) is 0 Å². The molecule has 0 fully saturated rings. The molecule has 112 valence electrons. The van der Waals surface area contributed by atoms with Gasteiger partial charge >= 0.3 is 0 Å². The quantitative estimate of drug-likeness (QED) is 0.785. The third-order valence-corrected chi connectivity index (χ3v) is 4.51. The normalized spacial score (nSPS) is 14.9. The molecule has 1 atom stereocenters. The minimum Gasteiger partial charge on any atom is -0.493 e. The Labute approximate surface area is 131 Å². The zero-order valence-electron chi connectivity index (χ0n) is 12.4. The first-order valence-electron chi connectivity index (χ1n) is 7.41. The molecule has 2 nitrogen and oxygen atoms in total. The van der Waals surface area contributed by atoms with E-state index < -0.39 is 0 Å². The number of nitrogens with one attached hydrogen (secondary N) is 1. The van der Waals surface area contributed by atoms with Crippen LogP contribution < -0.4 is 10.1 Å². The summed E-state index contributed by atoms with van der Waals surface area (Å²) in [6, 6.07) is 4.63. The molecular weight excluding hydrogens is 290 g/mol. The maximum atomic E-state index is 6.24. The van der Waals surface area contributed by atoms with Crippen molar-refractivity contribution in [3.63, 3.8) is 0 Å². The number of rotatable bonds is 8. The number of thioether (sulfide) groups is 1. The first-order valence-corrected chi connectivity index (χ1v) is 9.18. The second kappa shape index (κ2) is 8.16. The third-order valence-electron chi connectivity index (χ3n) is 3.65. The lowest BCUT2D eigenvalue weighted by Crippen LogP contribution is -2.32. The van der Waals surface area contributed by atoms with Gasteiger partial charge in [-0.05, 0) is 61.1 Å². The lowest BCUT2D eigenvalue weighted by atomic mass is 10.00. The molecule has 0 saturated heterocycles. The van der Waals surface area contributed by atoms with E-state index in [1.807, 2.05) is 17.8 Å². The van der Waals surface area contributed by atoms with Gasteiger partial charge < -0.3 is 10.1 Å². The van der Waals surface area contributed by atoms with Crippen molar-refractivity contribution in [1.29, 1.82) is 0 Å². The summed E-state index contributed by atoms with van der Waals surface area (Å²) < 4.78 is 5.80. The molecule has 1 aliphatic rings. The number of fused-ring (bicyclic) bond motifs is 1. The van der Waals surface area contributed by atoms with Crippen LogP contribution in [0.1, 0.15) is 30.9 Å². The van der Waals surface area contributed by atoms with E-state index in [1.165, 1.54) is 29.7 Å². The predicted octanol–water partition coefficient (Wildman–Crippen LogP) is 3.94. The summed E-state index contributed by atoms with van der Waals surface area (Å²) in [7, 11) is 0. The van der Waals surface area contributed by atoms with Crippen LogP contribution in [0.15, 0.2) is 12.1 Å². The Morgan fingerprint density at radius 1 is 1.45 bits per heavy atom. The molecule has 2 rings (SSSR count). The van der Waals surface area contributed by atoms with Crippen molar-refractivity contribution in [3.8, 4) is 5.75 Å². The molecule has 0 spiro atoms. The zero-order valence-corrected chi connectivity index (χ0v) is 13.9. The number of hydrogen-bond acceptors (Lipinski definition) is 3. The van der Waals surface area contributed by atoms with Gasteiger partial charge in [0.1, 0.15) is 5.75 Å². The average Bonchev–Trinajstić information content (AvgIpc) is 2.89. The van der Waals surface area contributed by atoms with Crippen molar-refractivity contribution in [2.45, 2.75) is 38.6 Å². The fourth-order valence-corrected chi connectivity index (χ4v) is 3.43. The SMILES string of the molecule is CCCNC(CCSC)Cc1cc(Cl)cc2c1OCC2. The highest BCUT2D eigenvalue weighted by Gasteiger charge is 2.20. The molecular formula is C16H24ClNOS. The van der Waals surface area contributed by atoms with Gasteiger partial charge in [-0.25, -0.2) is 0 Å². The van der Waals surface area contributed by atoms with Gasteiger partial charge in [-0.15, -0.1) is 0 Å². The van der Waals surface area contributed by atoms with E-state index in [4.69, 9.17) is 16.3 Å². The molecule has 0 bridgehead atoms. The fraction of sp³-hybridized carbons (Fsp3) is 0.625. The Kier molecular flexibility index (Phi) is 6.53. The molecule has 0 aliphatic carbocycles. The second-order valence-electron chi connectivity index (χ2n) is 5.29. The average molecular weight is 314 g/mol. The second-order valence-corrected chi connectivity index (χ2v) is 6.71. The number of benzene rings is 1. The van der Waals surface area contributed by atoms with Crippen LogP contribution in [0.5, 0.6) is 5.75 Å². The van der Waals surface area contributed by atoms with Crippen molar-refractivity contribution in [3.05, 3.63) is 28.3 Å². The molecule has 1 N–H and O–H groups in total. The summed E-state index contributed by atoms with van der Waals surface area (Å²) in [6.07, 6.45) is 6.50. The van der Waals surface area contributed by atoms with Crippen LogP contribution in [0.3, 0.4) is 0 Å². The summed E-state index contributed by atoms with van der Waals surface area (Å²) >= 11 is 8.15. The highest BCUT2D eigenvalue weighted by Crippen LogP contribution is 2.33. The molecule has 0 amide bonds. The third kappa shape index (κ3) is 4.31. The Morgan fingerprint density at radius 2 is 2.30 bits per heavy atom. The van der Waals surface area contributed by atoms with Gasteiger partial charge in [-0.3, -0.25) is 0 Å². The Morgan fingerprint density at radius 3 is 3.05 bits per heavy atom. The molecule has 1 heterocycles. The van der Waals surface area contributed by atoms with E-state index in [2.05, 4.69) is 24.6 Å². The lowest BCUT2D eigenvalue weighted by molar-refractivity contribution is 0.351. The van der Waals surface area contributed by atoms with E-state index >= 15 is 0 Å². The van der Waals surface area contributed by atoms with Crippen molar-refractivity contribution in [2.24, 2.45) is 0 Å².